The molecule has 0 unspecified atom stereocenters. The number of nitrogens with zero attached hydrogens (tertiary/aromatic N) is 1. The molecule has 1 atom stereocenters. The Morgan fingerprint density at radius 1 is 1.18 bits per heavy atom. The molecule has 4 heteroatoms. The number of hydrogen-bond acceptors (Lipinski definition) is 3. The second-order valence-electron chi connectivity index (χ2n) is 3.55. The summed E-state index contributed by atoms with van der Waals surface area (Å²) < 4.78 is 5.36. The molecule has 88 valence electrons. The third kappa shape index (κ3) is 3.44. The first-order chi connectivity index (χ1) is 8.25. The molecule has 1 aromatic carbocycles. The van der Waals surface area contributed by atoms with Crippen molar-refractivity contribution in [2.75, 3.05) is 6.61 Å². The summed E-state index contributed by atoms with van der Waals surface area (Å²) in [6.07, 6.45) is 0.847. The molecule has 0 radical (unpaired) electrons. The number of hydrogen-bond donors (Lipinski definition) is 1. The lowest BCUT2D eigenvalue weighted by Gasteiger charge is -2.11. The van der Waals surface area contributed by atoms with Gasteiger partial charge in [0.05, 0.1) is 5.02 Å². The summed E-state index contributed by atoms with van der Waals surface area (Å²) in [5, 5.41) is 10.4. The molecule has 2 aromatic rings. The summed E-state index contributed by atoms with van der Waals surface area (Å²) in [6.45, 7) is 0.165. The van der Waals surface area contributed by atoms with Gasteiger partial charge in [-0.3, -0.25) is 0 Å². The third-order valence-electron chi connectivity index (χ3n) is 2.27. The van der Waals surface area contributed by atoms with Gasteiger partial charge in [0.15, 0.2) is 0 Å². The Kier molecular flexibility index (Phi) is 3.96. The van der Waals surface area contributed by atoms with E-state index in [-0.39, 0.29) is 6.61 Å². The molecule has 1 heterocycles. The second-order valence-corrected chi connectivity index (χ2v) is 3.99. The lowest BCUT2D eigenvalue weighted by molar-refractivity contribution is 0.105. The van der Waals surface area contributed by atoms with E-state index in [1.54, 1.807) is 12.1 Å². The molecular formula is C13H12ClNO2. The number of pyridine rings is 1. The van der Waals surface area contributed by atoms with Crippen LogP contribution in [0.2, 0.25) is 5.02 Å². The standard InChI is InChI=1S/C13H12ClNO2/c14-11-6-7-13(15-8-11)17-9-12(16)10-4-2-1-3-5-10/h1-8,12,16H,9H2/t12-/m1/s1. The van der Waals surface area contributed by atoms with E-state index in [1.165, 1.54) is 6.20 Å². The highest BCUT2D eigenvalue weighted by Gasteiger charge is 2.07. The first-order valence-corrected chi connectivity index (χ1v) is 5.61. The van der Waals surface area contributed by atoms with Gasteiger partial charge in [-0.2, -0.15) is 0 Å². The van der Waals surface area contributed by atoms with Crippen molar-refractivity contribution in [3.8, 4) is 5.88 Å². The zero-order chi connectivity index (χ0) is 12.1. The second kappa shape index (κ2) is 5.66. The maximum absolute atomic E-state index is 9.86. The van der Waals surface area contributed by atoms with Crippen LogP contribution in [0.3, 0.4) is 0 Å². The van der Waals surface area contributed by atoms with Crippen LogP contribution < -0.4 is 4.74 Å². The Hall–Kier alpha value is -1.58. The minimum Gasteiger partial charge on any atom is -0.475 e. The fraction of sp³-hybridized carbons (Fsp3) is 0.154. The van der Waals surface area contributed by atoms with Crippen LogP contribution >= 0.6 is 11.6 Å². The van der Waals surface area contributed by atoms with Gasteiger partial charge in [-0.1, -0.05) is 41.9 Å². The lowest BCUT2D eigenvalue weighted by atomic mass is 10.1. The highest BCUT2D eigenvalue weighted by molar-refractivity contribution is 6.30. The predicted octanol–water partition coefficient (Wildman–Crippen LogP) is 2.85. The van der Waals surface area contributed by atoms with Crippen LogP contribution in [0.15, 0.2) is 48.7 Å². The summed E-state index contributed by atoms with van der Waals surface area (Å²) in [5.74, 6) is 0.449. The van der Waals surface area contributed by atoms with Crippen molar-refractivity contribution in [3.63, 3.8) is 0 Å². The Balaban J connectivity index is 1.92. The zero-order valence-electron chi connectivity index (χ0n) is 9.08. The number of ether oxygens (including phenoxy) is 1. The molecule has 0 saturated heterocycles. The number of benzene rings is 1. The fourth-order valence-electron chi connectivity index (χ4n) is 1.38. The van der Waals surface area contributed by atoms with Crippen molar-refractivity contribution in [2.24, 2.45) is 0 Å². The molecule has 3 nitrogen and oxygen atoms in total. The molecular weight excluding hydrogens is 238 g/mol. The van der Waals surface area contributed by atoms with Crippen LogP contribution in [0.25, 0.3) is 0 Å². The first kappa shape index (κ1) is 11.9. The van der Waals surface area contributed by atoms with E-state index >= 15 is 0 Å². The Labute approximate surface area is 105 Å². The molecule has 2 rings (SSSR count). The van der Waals surface area contributed by atoms with E-state index in [0.717, 1.165) is 5.56 Å². The van der Waals surface area contributed by atoms with Crippen LogP contribution in [-0.2, 0) is 0 Å². The van der Waals surface area contributed by atoms with Gasteiger partial charge in [-0.05, 0) is 11.6 Å². The molecule has 1 aromatic heterocycles. The summed E-state index contributed by atoms with van der Waals surface area (Å²) in [7, 11) is 0. The number of rotatable bonds is 4. The summed E-state index contributed by atoms with van der Waals surface area (Å²) in [5.41, 5.74) is 0.821. The molecule has 0 saturated carbocycles. The van der Waals surface area contributed by atoms with Crippen LogP contribution in [0.1, 0.15) is 11.7 Å². The molecule has 0 amide bonds. The maximum atomic E-state index is 9.86. The van der Waals surface area contributed by atoms with Crippen molar-refractivity contribution >= 4 is 11.6 Å². The number of aliphatic hydroxyl groups is 1. The summed E-state index contributed by atoms with van der Waals surface area (Å²) >= 11 is 5.70. The van der Waals surface area contributed by atoms with E-state index in [0.29, 0.717) is 10.9 Å². The van der Waals surface area contributed by atoms with E-state index in [1.807, 2.05) is 30.3 Å². The predicted molar refractivity (Wildman–Crippen MR) is 66.1 cm³/mol. The summed E-state index contributed by atoms with van der Waals surface area (Å²) in [6, 6.07) is 12.7. The SMILES string of the molecule is O[C@H](COc1ccc(Cl)cn1)c1ccccc1. The van der Waals surface area contributed by atoms with Gasteiger partial charge in [0.1, 0.15) is 12.7 Å². The monoisotopic (exact) mass is 249 g/mol. The van der Waals surface area contributed by atoms with E-state index in [2.05, 4.69) is 4.98 Å². The normalized spacial score (nSPS) is 12.1. The maximum Gasteiger partial charge on any atom is 0.213 e. The minimum atomic E-state index is -0.659. The van der Waals surface area contributed by atoms with Gasteiger partial charge in [0.25, 0.3) is 0 Å². The van der Waals surface area contributed by atoms with Crippen molar-refractivity contribution in [2.45, 2.75) is 6.10 Å². The smallest absolute Gasteiger partial charge is 0.213 e. The highest BCUT2D eigenvalue weighted by Crippen LogP contribution is 2.15. The fourth-order valence-corrected chi connectivity index (χ4v) is 1.50. The topological polar surface area (TPSA) is 42.4 Å². The molecule has 0 aliphatic heterocycles. The molecule has 0 spiro atoms. The first-order valence-electron chi connectivity index (χ1n) is 5.23. The average molecular weight is 250 g/mol. The molecule has 0 fully saturated rings. The van der Waals surface area contributed by atoms with Gasteiger partial charge >= 0.3 is 0 Å². The van der Waals surface area contributed by atoms with Gasteiger partial charge in [0, 0.05) is 12.3 Å². The minimum absolute atomic E-state index is 0.165. The van der Waals surface area contributed by atoms with Crippen molar-refractivity contribution in [3.05, 3.63) is 59.2 Å². The Morgan fingerprint density at radius 2 is 1.94 bits per heavy atom. The van der Waals surface area contributed by atoms with Crippen molar-refractivity contribution in [1.29, 1.82) is 0 Å². The van der Waals surface area contributed by atoms with Gasteiger partial charge < -0.3 is 9.84 Å². The van der Waals surface area contributed by atoms with E-state index in [4.69, 9.17) is 16.3 Å². The lowest BCUT2D eigenvalue weighted by Crippen LogP contribution is -2.10. The van der Waals surface area contributed by atoms with E-state index < -0.39 is 6.10 Å². The third-order valence-corrected chi connectivity index (χ3v) is 2.50. The van der Waals surface area contributed by atoms with Gasteiger partial charge in [-0.15, -0.1) is 0 Å². The number of aromatic nitrogens is 1. The quantitative estimate of drug-likeness (QED) is 0.906. The number of aliphatic hydroxyl groups excluding tert-OH is 1. The van der Waals surface area contributed by atoms with Crippen LogP contribution in [0.4, 0.5) is 0 Å². The number of halogens is 1. The molecule has 0 aliphatic rings. The van der Waals surface area contributed by atoms with Gasteiger partial charge in [0.2, 0.25) is 5.88 Å². The zero-order valence-corrected chi connectivity index (χ0v) is 9.84. The Morgan fingerprint density at radius 3 is 2.59 bits per heavy atom. The molecule has 0 aliphatic carbocycles. The van der Waals surface area contributed by atoms with Crippen LogP contribution in [-0.4, -0.2) is 16.7 Å². The highest BCUT2D eigenvalue weighted by atomic mass is 35.5. The van der Waals surface area contributed by atoms with Gasteiger partial charge in [-0.25, -0.2) is 4.98 Å². The molecule has 0 bridgehead atoms. The molecule has 17 heavy (non-hydrogen) atoms. The Bertz CT molecular complexity index is 459. The largest absolute Gasteiger partial charge is 0.475 e. The summed E-state index contributed by atoms with van der Waals surface area (Å²) in [4.78, 5) is 3.98. The van der Waals surface area contributed by atoms with Crippen LogP contribution in [0, 0.1) is 0 Å². The molecule has 1 N–H and O–H groups in total. The van der Waals surface area contributed by atoms with Crippen molar-refractivity contribution in [1.82, 2.24) is 4.98 Å². The van der Waals surface area contributed by atoms with Crippen molar-refractivity contribution < 1.29 is 9.84 Å². The van der Waals surface area contributed by atoms with Crippen LogP contribution in [0.5, 0.6) is 5.88 Å². The van der Waals surface area contributed by atoms with E-state index in [9.17, 15) is 5.11 Å². The average Bonchev–Trinajstić information content (AvgIpc) is 2.39.